The van der Waals surface area contributed by atoms with E-state index in [-0.39, 0.29) is 24.1 Å². The van der Waals surface area contributed by atoms with Crippen LogP contribution < -0.4 is 5.56 Å². The molecule has 3 rings (SSSR count). The number of carbonyl (C=O) groups excluding carboxylic acids is 1. The molecule has 2 aromatic heterocycles. The molecule has 0 saturated carbocycles. The predicted octanol–water partition coefficient (Wildman–Crippen LogP) is -0.0582. The molecule has 1 amide bonds. The first-order valence-electron chi connectivity index (χ1n) is 7.33. The van der Waals surface area contributed by atoms with Crippen LogP contribution in [-0.2, 0) is 16.1 Å². The first kappa shape index (κ1) is 15.3. The summed E-state index contributed by atoms with van der Waals surface area (Å²) >= 11 is 0. The number of amides is 1. The molecule has 1 saturated heterocycles. The zero-order valence-electron chi connectivity index (χ0n) is 12.8. The van der Waals surface area contributed by atoms with Gasteiger partial charge >= 0.3 is 0 Å². The molecule has 2 aromatic rings. The van der Waals surface area contributed by atoms with Gasteiger partial charge in [0.25, 0.3) is 5.56 Å². The van der Waals surface area contributed by atoms with Crippen LogP contribution in [0.3, 0.4) is 0 Å². The average molecular weight is 315 g/mol. The number of morpholine rings is 1. The van der Waals surface area contributed by atoms with E-state index in [1.54, 1.807) is 36.5 Å². The quantitative estimate of drug-likeness (QED) is 0.788. The molecule has 0 N–H and O–H groups in total. The average Bonchev–Trinajstić information content (AvgIpc) is 2.59. The Balaban J connectivity index is 1.70. The Labute approximate surface area is 132 Å². The third kappa shape index (κ3) is 3.59. The van der Waals surface area contributed by atoms with Crippen LogP contribution in [0.25, 0.3) is 0 Å². The Morgan fingerprint density at radius 1 is 1.39 bits per heavy atom. The lowest BCUT2D eigenvalue weighted by molar-refractivity contribution is -0.140. The third-order valence-corrected chi connectivity index (χ3v) is 3.62. The van der Waals surface area contributed by atoms with Crippen LogP contribution in [0.4, 0.5) is 0 Å². The highest BCUT2D eigenvalue weighted by molar-refractivity contribution is 5.76. The van der Waals surface area contributed by atoms with Gasteiger partial charge in [0, 0.05) is 25.0 Å². The molecule has 0 spiro atoms. The smallest absolute Gasteiger partial charge is 0.267 e. The van der Waals surface area contributed by atoms with Gasteiger partial charge in [0.05, 0.1) is 30.7 Å². The van der Waals surface area contributed by atoms with Crippen molar-refractivity contribution in [3.63, 3.8) is 0 Å². The summed E-state index contributed by atoms with van der Waals surface area (Å²) in [5.41, 5.74) is 1.09. The topological polar surface area (TPSA) is 90.2 Å². The zero-order valence-corrected chi connectivity index (χ0v) is 12.8. The lowest BCUT2D eigenvalue weighted by Gasteiger charge is -2.32. The minimum Gasteiger partial charge on any atom is -0.368 e. The summed E-state index contributed by atoms with van der Waals surface area (Å²) in [6.07, 6.45) is 4.51. The molecular weight excluding hydrogens is 298 g/mol. The molecule has 8 nitrogen and oxygen atoms in total. The van der Waals surface area contributed by atoms with Crippen molar-refractivity contribution in [1.82, 2.24) is 24.6 Å². The molecule has 0 unspecified atom stereocenters. The van der Waals surface area contributed by atoms with Crippen LogP contribution in [0.2, 0.25) is 0 Å². The molecule has 0 aromatic carbocycles. The predicted molar refractivity (Wildman–Crippen MR) is 80.5 cm³/mol. The Hall–Kier alpha value is -2.61. The molecule has 0 radical (unpaired) electrons. The number of nitrogens with zero attached hydrogens (tertiary/aromatic N) is 5. The number of hydrogen-bond acceptors (Lipinski definition) is 6. The van der Waals surface area contributed by atoms with Crippen molar-refractivity contribution in [2.45, 2.75) is 19.6 Å². The Morgan fingerprint density at radius 3 is 3.04 bits per heavy atom. The van der Waals surface area contributed by atoms with Crippen molar-refractivity contribution in [1.29, 1.82) is 0 Å². The molecule has 23 heavy (non-hydrogen) atoms. The second-order valence-corrected chi connectivity index (χ2v) is 5.30. The highest BCUT2D eigenvalue weighted by Crippen LogP contribution is 2.19. The highest BCUT2D eigenvalue weighted by Gasteiger charge is 2.26. The van der Waals surface area contributed by atoms with E-state index in [1.165, 1.54) is 10.7 Å². The first-order valence-corrected chi connectivity index (χ1v) is 7.33. The summed E-state index contributed by atoms with van der Waals surface area (Å²) in [4.78, 5) is 34.1. The van der Waals surface area contributed by atoms with Gasteiger partial charge in [-0.2, -0.15) is 5.10 Å². The Kier molecular flexibility index (Phi) is 4.42. The number of hydrogen-bond donors (Lipinski definition) is 0. The molecule has 0 aliphatic carbocycles. The first-order chi connectivity index (χ1) is 11.1. The summed E-state index contributed by atoms with van der Waals surface area (Å²) < 4.78 is 6.84. The molecule has 1 aliphatic rings. The Bertz CT molecular complexity index is 746. The fourth-order valence-electron chi connectivity index (χ4n) is 2.42. The fraction of sp³-hybridized carbons (Fsp3) is 0.400. The van der Waals surface area contributed by atoms with Crippen LogP contribution in [-0.4, -0.2) is 50.3 Å². The molecule has 3 heterocycles. The second-order valence-electron chi connectivity index (χ2n) is 5.30. The number of aromatic nitrogens is 4. The van der Waals surface area contributed by atoms with E-state index in [9.17, 15) is 9.59 Å². The normalized spacial score (nSPS) is 18.0. The summed E-state index contributed by atoms with van der Waals surface area (Å²) in [5, 5.41) is 4.09. The maximum Gasteiger partial charge on any atom is 0.267 e. The minimum absolute atomic E-state index is 0.0757. The van der Waals surface area contributed by atoms with Gasteiger partial charge in [0.15, 0.2) is 0 Å². The van der Waals surface area contributed by atoms with Gasteiger partial charge in [0.2, 0.25) is 5.91 Å². The van der Waals surface area contributed by atoms with Crippen molar-refractivity contribution in [2.24, 2.45) is 0 Å². The van der Waals surface area contributed by atoms with E-state index in [0.717, 1.165) is 0 Å². The fourth-order valence-corrected chi connectivity index (χ4v) is 2.42. The zero-order chi connectivity index (χ0) is 16.2. The van der Waals surface area contributed by atoms with E-state index in [1.807, 2.05) is 0 Å². The van der Waals surface area contributed by atoms with Gasteiger partial charge in [-0.1, -0.05) is 0 Å². The minimum atomic E-state index is -0.302. The number of ether oxygens (including phenoxy) is 1. The molecule has 120 valence electrons. The number of aryl methyl sites for hydroxylation is 1. The van der Waals surface area contributed by atoms with Gasteiger partial charge in [-0.15, -0.1) is 0 Å². The van der Waals surface area contributed by atoms with Gasteiger partial charge in [-0.25, -0.2) is 4.68 Å². The van der Waals surface area contributed by atoms with Gasteiger partial charge < -0.3 is 9.64 Å². The van der Waals surface area contributed by atoms with Crippen molar-refractivity contribution in [3.05, 3.63) is 52.5 Å². The summed E-state index contributed by atoms with van der Waals surface area (Å²) in [7, 11) is 0. The van der Waals surface area contributed by atoms with Crippen LogP contribution >= 0.6 is 0 Å². The molecule has 1 fully saturated rings. The van der Waals surface area contributed by atoms with Gasteiger partial charge in [0.1, 0.15) is 12.6 Å². The standard InChI is InChI=1S/C15H17N5O3/c1-11-2-3-14(21)20(18-11)10-15(22)19-6-7-23-13(9-19)12-8-16-4-5-17-12/h2-5,8,13H,6-7,9-10H2,1H3/t13-/m0/s1. The van der Waals surface area contributed by atoms with Crippen molar-refractivity contribution in [3.8, 4) is 0 Å². The third-order valence-electron chi connectivity index (χ3n) is 3.62. The van der Waals surface area contributed by atoms with E-state index < -0.39 is 0 Å². The van der Waals surface area contributed by atoms with E-state index in [0.29, 0.717) is 31.1 Å². The molecule has 8 heteroatoms. The maximum absolute atomic E-state index is 12.4. The van der Waals surface area contributed by atoms with Crippen LogP contribution in [0, 0.1) is 6.92 Å². The maximum atomic E-state index is 12.4. The van der Waals surface area contributed by atoms with Crippen LogP contribution in [0.15, 0.2) is 35.5 Å². The summed E-state index contributed by atoms with van der Waals surface area (Å²) in [6.45, 7) is 2.99. The van der Waals surface area contributed by atoms with Gasteiger partial charge in [-0.05, 0) is 13.0 Å². The second kappa shape index (κ2) is 6.66. The molecular formula is C15H17N5O3. The highest BCUT2D eigenvalue weighted by atomic mass is 16.5. The van der Waals surface area contributed by atoms with Crippen molar-refractivity contribution < 1.29 is 9.53 Å². The summed E-state index contributed by atoms with van der Waals surface area (Å²) in [6, 6.07) is 3.04. The number of rotatable bonds is 3. The van der Waals surface area contributed by atoms with Crippen molar-refractivity contribution >= 4 is 5.91 Å². The molecule has 0 bridgehead atoms. The Morgan fingerprint density at radius 2 is 2.26 bits per heavy atom. The SMILES string of the molecule is Cc1ccc(=O)n(CC(=O)N2CCO[C@H](c3cnccn3)C2)n1. The largest absolute Gasteiger partial charge is 0.368 e. The number of carbonyl (C=O) groups is 1. The van der Waals surface area contributed by atoms with E-state index >= 15 is 0 Å². The monoisotopic (exact) mass is 315 g/mol. The van der Waals surface area contributed by atoms with Crippen LogP contribution in [0.5, 0.6) is 0 Å². The van der Waals surface area contributed by atoms with Crippen LogP contribution in [0.1, 0.15) is 17.5 Å². The molecule has 1 atom stereocenters. The lowest BCUT2D eigenvalue weighted by atomic mass is 10.2. The molecule has 1 aliphatic heterocycles. The summed E-state index contributed by atoms with van der Waals surface area (Å²) in [5.74, 6) is -0.164. The van der Waals surface area contributed by atoms with Crippen molar-refractivity contribution in [2.75, 3.05) is 19.7 Å². The van der Waals surface area contributed by atoms with Gasteiger partial charge in [-0.3, -0.25) is 19.6 Å². The lowest BCUT2D eigenvalue weighted by Crippen LogP contribution is -2.45. The van der Waals surface area contributed by atoms with E-state index in [2.05, 4.69) is 15.1 Å². The van der Waals surface area contributed by atoms with E-state index in [4.69, 9.17) is 4.74 Å².